The molecule has 7 nitrogen and oxygen atoms in total. The van der Waals surface area contributed by atoms with Crippen molar-refractivity contribution in [2.45, 2.75) is 13.3 Å². The number of halogens is 1. The van der Waals surface area contributed by atoms with Gasteiger partial charge in [-0.15, -0.1) is 0 Å². The van der Waals surface area contributed by atoms with Gasteiger partial charge in [0.25, 0.3) is 0 Å². The summed E-state index contributed by atoms with van der Waals surface area (Å²) in [7, 11) is 0. The normalized spacial score (nSPS) is 11.1. The SMILES string of the molecule is CCOC(=O)c1ccc2[nH]nc(C=Cc3ccc(F)cc3)c2c1OCCC(N)=O. The summed E-state index contributed by atoms with van der Waals surface area (Å²) in [5, 5.41) is 7.72. The molecule has 0 fully saturated rings. The largest absolute Gasteiger partial charge is 0.491 e. The molecule has 1 aromatic heterocycles. The molecule has 0 unspecified atom stereocenters. The number of nitrogens with two attached hydrogens (primary N) is 1. The highest BCUT2D eigenvalue weighted by atomic mass is 19.1. The van der Waals surface area contributed by atoms with Crippen LogP contribution >= 0.6 is 0 Å². The molecule has 2 aromatic carbocycles. The van der Waals surface area contributed by atoms with Crippen molar-refractivity contribution >= 4 is 34.9 Å². The molecule has 8 heteroatoms. The van der Waals surface area contributed by atoms with Crippen molar-refractivity contribution in [1.82, 2.24) is 10.2 Å². The number of nitrogens with one attached hydrogen (secondary N) is 1. The third-order valence-corrected chi connectivity index (χ3v) is 4.10. The topological polar surface area (TPSA) is 107 Å². The van der Waals surface area contributed by atoms with Crippen molar-refractivity contribution < 1.29 is 23.5 Å². The van der Waals surface area contributed by atoms with Crippen molar-refractivity contribution in [3.8, 4) is 5.75 Å². The minimum absolute atomic E-state index is 0.00272. The molecule has 0 bridgehead atoms. The number of amides is 1. The minimum atomic E-state index is -0.543. The van der Waals surface area contributed by atoms with Gasteiger partial charge in [-0.1, -0.05) is 18.2 Å². The zero-order chi connectivity index (χ0) is 20.8. The Balaban J connectivity index is 2.03. The number of benzene rings is 2. The Hall–Kier alpha value is -3.68. The maximum atomic E-state index is 13.1. The summed E-state index contributed by atoms with van der Waals surface area (Å²) in [6.07, 6.45) is 3.48. The molecular formula is C21H20FN3O4. The third-order valence-electron chi connectivity index (χ3n) is 4.10. The van der Waals surface area contributed by atoms with Crippen LogP contribution in [0.15, 0.2) is 36.4 Å². The maximum Gasteiger partial charge on any atom is 0.341 e. The number of fused-ring (bicyclic) bond motifs is 1. The summed E-state index contributed by atoms with van der Waals surface area (Å²) >= 11 is 0. The van der Waals surface area contributed by atoms with E-state index < -0.39 is 11.9 Å². The van der Waals surface area contributed by atoms with E-state index in [1.807, 2.05) is 0 Å². The summed E-state index contributed by atoms with van der Waals surface area (Å²) in [5.41, 5.74) is 7.34. The molecule has 29 heavy (non-hydrogen) atoms. The number of nitrogens with zero attached hydrogens (tertiary/aromatic N) is 1. The summed E-state index contributed by atoms with van der Waals surface area (Å²) in [5.74, 6) is -1.12. The van der Waals surface area contributed by atoms with Crippen LogP contribution in [0.1, 0.15) is 35.0 Å². The third kappa shape index (κ3) is 4.78. The van der Waals surface area contributed by atoms with E-state index >= 15 is 0 Å². The lowest BCUT2D eigenvalue weighted by atomic mass is 10.1. The number of primary amides is 1. The fourth-order valence-corrected chi connectivity index (χ4v) is 2.75. The number of rotatable bonds is 8. The number of hydrogen-bond acceptors (Lipinski definition) is 5. The van der Waals surface area contributed by atoms with Crippen LogP contribution in [-0.4, -0.2) is 35.3 Å². The maximum absolute atomic E-state index is 13.1. The average molecular weight is 397 g/mol. The molecule has 3 rings (SSSR count). The monoisotopic (exact) mass is 397 g/mol. The number of carbonyl (C=O) groups excluding carboxylic acids is 2. The number of aromatic nitrogens is 2. The van der Waals surface area contributed by atoms with Gasteiger partial charge in [-0.05, 0) is 42.8 Å². The van der Waals surface area contributed by atoms with E-state index in [0.29, 0.717) is 16.6 Å². The molecule has 0 saturated heterocycles. The average Bonchev–Trinajstić information content (AvgIpc) is 3.11. The number of esters is 1. The Kier molecular flexibility index (Phi) is 6.23. The van der Waals surface area contributed by atoms with Gasteiger partial charge in [0.15, 0.2) is 0 Å². The van der Waals surface area contributed by atoms with E-state index in [2.05, 4.69) is 10.2 Å². The van der Waals surface area contributed by atoms with Crippen molar-refractivity contribution in [2.75, 3.05) is 13.2 Å². The highest BCUT2D eigenvalue weighted by Gasteiger charge is 2.20. The summed E-state index contributed by atoms with van der Waals surface area (Å²) < 4.78 is 23.9. The molecule has 0 aliphatic heterocycles. The standard InChI is InChI=1S/C21H20FN3O4/c1-2-28-21(27)15-8-10-17-19(20(15)29-12-11-18(23)26)16(24-25-17)9-5-13-3-6-14(22)7-4-13/h3-10H,2,11-12H2,1H3,(H2,23,26)(H,24,25). The summed E-state index contributed by atoms with van der Waals surface area (Å²) in [6.45, 7) is 1.92. The molecule has 0 radical (unpaired) electrons. The Bertz CT molecular complexity index is 1060. The van der Waals surface area contributed by atoms with Gasteiger partial charge < -0.3 is 15.2 Å². The predicted molar refractivity (Wildman–Crippen MR) is 107 cm³/mol. The first-order chi connectivity index (χ1) is 14.0. The van der Waals surface area contributed by atoms with Crippen LogP contribution in [0.5, 0.6) is 5.75 Å². The van der Waals surface area contributed by atoms with Crippen LogP contribution < -0.4 is 10.5 Å². The van der Waals surface area contributed by atoms with E-state index in [-0.39, 0.29) is 36.8 Å². The second kappa shape index (κ2) is 9.01. The second-order valence-corrected chi connectivity index (χ2v) is 6.14. The van der Waals surface area contributed by atoms with Crippen LogP contribution in [-0.2, 0) is 9.53 Å². The first kappa shape index (κ1) is 20.1. The number of H-pyrrole nitrogens is 1. The molecule has 0 aliphatic carbocycles. The van der Waals surface area contributed by atoms with Crippen molar-refractivity contribution in [3.63, 3.8) is 0 Å². The van der Waals surface area contributed by atoms with Crippen molar-refractivity contribution in [1.29, 1.82) is 0 Å². The van der Waals surface area contributed by atoms with Crippen LogP contribution in [0.25, 0.3) is 23.1 Å². The number of hydrogen-bond donors (Lipinski definition) is 2. The number of aromatic amines is 1. The van der Waals surface area contributed by atoms with Gasteiger partial charge in [0, 0.05) is 0 Å². The van der Waals surface area contributed by atoms with Gasteiger partial charge in [0.05, 0.1) is 36.2 Å². The number of carbonyl (C=O) groups is 2. The fourth-order valence-electron chi connectivity index (χ4n) is 2.75. The Morgan fingerprint density at radius 1 is 1.17 bits per heavy atom. The lowest BCUT2D eigenvalue weighted by Crippen LogP contribution is -2.16. The lowest BCUT2D eigenvalue weighted by molar-refractivity contribution is -0.118. The molecule has 150 valence electrons. The van der Waals surface area contributed by atoms with Gasteiger partial charge >= 0.3 is 5.97 Å². The molecule has 0 atom stereocenters. The molecule has 1 heterocycles. The number of ether oxygens (including phenoxy) is 2. The fraction of sp³-hybridized carbons (Fsp3) is 0.190. The Labute approximate surface area is 166 Å². The molecule has 0 spiro atoms. The van der Waals surface area contributed by atoms with Gasteiger partial charge in [-0.25, -0.2) is 9.18 Å². The van der Waals surface area contributed by atoms with Gasteiger partial charge in [-0.3, -0.25) is 9.89 Å². The second-order valence-electron chi connectivity index (χ2n) is 6.14. The quantitative estimate of drug-likeness (QED) is 0.567. The van der Waals surface area contributed by atoms with Crippen molar-refractivity contribution in [3.05, 3.63) is 59.0 Å². The zero-order valence-corrected chi connectivity index (χ0v) is 15.8. The first-order valence-electron chi connectivity index (χ1n) is 9.02. The van der Waals surface area contributed by atoms with Gasteiger partial charge in [0.2, 0.25) is 5.91 Å². The first-order valence-corrected chi connectivity index (χ1v) is 9.02. The molecule has 3 N–H and O–H groups in total. The highest BCUT2D eigenvalue weighted by molar-refractivity contribution is 6.03. The van der Waals surface area contributed by atoms with E-state index in [4.69, 9.17) is 15.2 Å². The Morgan fingerprint density at radius 3 is 2.62 bits per heavy atom. The van der Waals surface area contributed by atoms with E-state index in [1.54, 1.807) is 43.3 Å². The molecule has 0 saturated carbocycles. The molecule has 1 amide bonds. The van der Waals surface area contributed by atoms with Crippen LogP contribution in [0.2, 0.25) is 0 Å². The van der Waals surface area contributed by atoms with Crippen LogP contribution in [0.4, 0.5) is 4.39 Å². The van der Waals surface area contributed by atoms with E-state index in [0.717, 1.165) is 5.56 Å². The summed E-state index contributed by atoms with van der Waals surface area (Å²) in [4.78, 5) is 23.4. The molecule has 0 aliphatic rings. The smallest absolute Gasteiger partial charge is 0.341 e. The van der Waals surface area contributed by atoms with Gasteiger partial charge in [-0.2, -0.15) is 5.10 Å². The zero-order valence-electron chi connectivity index (χ0n) is 15.8. The van der Waals surface area contributed by atoms with E-state index in [1.165, 1.54) is 12.1 Å². The molecule has 3 aromatic rings. The lowest BCUT2D eigenvalue weighted by Gasteiger charge is -2.12. The minimum Gasteiger partial charge on any atom is -0.491 e. The van der Waals surface area contributed by atoms with E-state index in [9.17, 15) is 14.0 Å². The van der Waals surface area contributed by atoms with Crippen LogP contribution in [0, 0.1) is 5.82 Å². The Morgan fingerprint density at radius 2 is 1.93 bits per heavy atom. The predicted octanol–water partition coefficient (Wildman–Crippen LogP) is 3.30. The van der Waals surface area contributed by atoms with Gasteiger partial charge in [0.1, 0.15) is 17.1 Å². The summed E-state index contributed by atoms with van der Waals surface area (Å²) in [6, 6.07) is 9.26. The highest BCUT2D eigenvalue weighted by Crippen LogP contribution is 2.33. The molecular weight excluding hydrogens is 377 g/mol. The van der Waals surface area contributed by atoms with Crippen LogP contribution in [0.3, 0.4) is 0 Å². The van der Waals surface area contributed by atoms with Crippen molar-refractivity contribution in [2.24, 2.45) is 5.73 Å².